The molecule has 4 aromatic heterocycles. The molecule has 4 heterocycles. The monoisotopic (exact) mass is 421 g/mol. The molecule has 8 nitrogen and oxygen atoms in total. The highest BCUT2D eigenvalue weighted by atomic mass is 16.3. The summed E-state index contributed by atoms with van der Waals surface area (Å²) in [6, 6.07) is 6.03. The maximum Gasteiger partial charge on any atom is 0.140 e. The number of anilines is 1. The molecule has 0 spiro atoms. The molecule has 4 aromatic rings. The fraction of sp³-hybridized carbons (Fsp3) is 0.435. The number of H-pyrrole nitrogens is 1. The van der Waals surface area contributed by atoms with Crippen LogP contribution in [0.2, 0.25) is 0 Å². The highest BCUT2D eigenvalue weighted by molar-refractivity contribution is 5.97. The molecule has 0 amide bonds. The van der Waals surface area contributed by atoms with Crippen molar-refractivity contribution in [2.75, 3.05) is 24.5 Å². The quantitative estimate of drug-likeness (QED) is 0.403. The first-order valence-electron chi connectivity index (χ1n) is 10.7. The van der Waals surface area contributed by atoms with Gasteiger partial charge >= 0.3 is 0 Å². The minimum absolute atomic E-state index is 0.156. The van der Waals surface area contributed by atoms with Crippen molar-refractivity contribution in [3.63, 3.8) is 0 Å². The molecule has 0 radical (unpaired) electrons. The maximum atomic E-state index is 10.8. The first kappa shape index (κ1) is 21.3. The molecule has 4 N–H and O–H groups in total. The lowest BCUT2D eigenvalue weighted by Crippen LogP contribution is -2.39. The summed E-state index contributed by atoms with van der Waals surface area (Å²) >= 11 is 0. The van der Waals surface area contributed by atoms with Gasteiger partial charge in [0.15, 0.2) is 0 Å². The van der Waals surface area contributed by atoms with Crippen LogP contribution >= 0.6 is 0 Å². The number of nitrogens with zero attached hydrogens (tertiary/aromatic N) is 5. The zero-order valence-electron chi connectivity index (χ0n) is 18.6. The topological polar surface area (TPSA) is 109 Å². The summed E-state index contributed by atoms with van der Waals surface area (Å²) in [5.41, 5.74) is 8.87. The van der Waals surface area contributed by atoms with Crippen LogP contribution in [-0.2, 0) is 7.05 Å². The van der Waals surface area contributed by atoms with Gasteiger partial charge in [0.05, 0.1) is 28.4 Å². The maximum absolute atomic E-state index is 10.8. The van der Waals surface area contributed by atoms with E-state index < -0.39 is 5.60 Å². The Hall–Kier alpha value is -2.97. The number of nitrogens with one attached hydrogen (secondary N) is 1. The van der Waals surface area contributed by atoms with Crippen LogP contribution in [0.3, 0.4) is 0 Å². The molecule has 0 unspecified atom stereocenters. The van der Waals surface area contributed by atoms with Crippen LogP contribution in [0.5, 0.6) is 0 Å². The van der Waals surface area contributed by atoms with Gasteiger partial charge in [0.1, 0.15) is 11.5 Å². The lowest BCUT2D eigenvalue weighted by molar-refractivity contribution is 0.00731. The van der Waals surface area contributed by atoms with Gasteiger partial charge in [0.25, 0.3) is 0 Å². The number of hydrogen-bond donors (Lipinski definition) is 3. The molecule has 4 rings (SSSR count). The Balaban J connectivity index is 1.82. The summed E-state index contributed by atoms with van der Waals surface area (Å²) in [6.07, 6.45) is 6.19. The third-order valence-corrected chi connectivity index (χ3v) is 6.28. The predicted molar refractivity (Wildman–Crippen MR) is 125 cm³/mol. The Labute approximate surface area is 182 Å². The number of aliphatic hydroxyl groups is 1. The zero-order valence-corrected chi connectivity index (χ0v) is 18.6. The Morgan fingerprint density at radius 3 is 2.84 bits per heavy atom. The Morgan fingerprint density at radius 1 is 1.29 bits per heavy atom. The van der Waals surface area contributed by atoms with E-state index in [1.165, 1.54) is 0 Å². The lowest BCUT2D eigenvalue weighted by atomic mass is 9.89. The number of aromatic nitrogens is 5. The fourth-order valence-corrected chi connectivity index (χ4v) is 3.80. The smallest absolute Gasteiger partial charge is 0.140 e. The van der Waals surface area contributed by atoms with E-state index in [1.54, 1.807) is 6.20 Å². The highest BCUT2D eigenvalue weighted by Gasteiger charge is 2.26. The SMILES string of the molecule is CC(C)[C@@](C)(O)CCN(CCN)c1nc(-c2c[nH]c3ncccc23)cc2c1cnn2C. The molecule has 31 heavy (non-hydrogen) atoms. The minimum atomic E-state index is -0.763. The molecule has 0 aromatic carbocycles. The standard InChI is InChI=1S/C23H31N7O/c1-15(2)23(3,31)7-10-30(11-8-24)22-18-14-27-29(4)20(18)12-19(28-22)17-13-26-21-16(17)6-5-9-25-21/h5-6,9,12-15,31H,7-8,10-11,24H2,1-4H3,(H,25,26)/t23-/m0/s1. The van der Waals surface area contributed by atoms with Crippen molar-refractivity contribution in [2.24, 2.45) is 18.7 Å². The number of nitrogens with two attached hydrogens (primary N) is 1. The van der Waals surface area contributed by atoms with Gasteiger partial charge in [-0.05, 0) is 37.5 Å². The normalized spacial score (nSPS) is 13.9. The highest BCUT2D eigenvalue weighted by Crippen LogP contribution is 2.33. The molecular weight excluding hydrogens is 390 g/mol. The van der Waals surface area contributed by atoms with Crippen LogP contribution in [0.15, 0.2) is 36.8 Å². The fourth-order valence-electron chi connectivity index (χ4n) is 3.80. The lowest BCUT2D eigenvalue weighted by Gasteiger charge is -2.32. The van der Waals surface area contributed by atoms with Gasteiger partial charge in [0, 0.05) is 50.0 Å². The van der Waals surface area contributed by atoms with Gasteiger partial charge in [-0.3, -0.25) is 4.68 Å². The Bertz CT molecular complexity index is 1190. The van der Waals surface area contributed by atoms with Crippen molar-refractivity contribution in [3.8, 4) is 11.3 Å². The molecule has 0 aliphatic carbocycles. The van der Waals surface area contributed by atoms with Crippen molar-refractivity contribution < 1.29 is 5.11 Å². The van der Waals surface area contributed by atoms with Crippen molar-refractivity contribution in [1.29, 1.82) is 0 Å². The van der Waals surface area contributed by atoms with E-state index in [2.05, 4.69) is 26.0 Å². The van der Waals surface area contributed by atoms with E-state index in [4.69, 9.17) is 10.7 Å². The summed E-state index contributed by atoms with van der Waals surface area (Å²) in [5.74, 6) is 0.993. The Kier molecular flexibility index (Phi) is 5.68. The van der Waals surface area contributed by atoms with Gasteiger partial charge in [-0.2, -0.15) is 5.10 Å². The van der Waals surface area contributed by atoms with E-state index in [0.29, 0.717) is 26.1 Å². The summed E-state index contributed by atoms with van der Waals surface area (Å²) in [7, 11) is 1.93. The van der Waals surface area contributed by atoms with Crippen LogP contribution in [0.1, 0.15) is 27.2 Å². The van der Waals surface area contributed by atoms with Crippen molar-refractivity contribution >= 4 is 27.8 Å². The van der Waals surface area contributed by atoms with Crippen LogP contribution < -0.4 is 10.6 Å². The van der Waals surface area contributed by atoms with Gasteiger partial charge in [-0.15, -0.1) is 0 Å². The van der Waals surface area contributed by atoms with E-state index >= 15 is 0 Å². The molecule has 0 fully saturated rings. The summed E-state index contributed by atoms with van der Waals surface area (Å²) in [4.78, 5) is 14.9. The molecule has 0 bridgehead atoms. The van der Waals surface area contributed by atoms with Gasteiger partial charge in [-0.1, -0.05) is 13.8 Å². The molecule has 0 aliphatic rings. The second-order valence-electron chi connectivity index (χ2n) is 8.67. The number of fused-ring (bicyclic) bond motifs is 2. The van der Waals surface area contributed by atoms with E-state index in [0.717, 1.165) is 39.0 Å². The first-order chi connectivity index (χ1) is 14.8. The van der Waals surface area contributed by atoms with E-state index in [1.807, 2.05) is 57.0 Å². The third kappa shape index (κ3) is 4.00. The van der Waals surface area contributed by atoms with Crippen LogP contribution in [-0.4, -0.2) is 55.1 Å². The molecule has 1 atom stereocenters. The van der Waals surface area contributed by atoms with Crippen molar-refractivity contribution in [1.82, 2.24) is 24.7 Å². The average Bonchev–Trinajstić information content (AvgIpc) is 3.34. The van der Waals surface area contributed by atoms with E-state index in [-0.39, 0.29) is 5.92 Å². The summed E-state index contributed by atoms with van der Waals surface area (Å²) in [6.45, 7) is 7.75. The number of aromatic amines is 1. The summed E-state index contributed by atoms with van der Waals surface area (Å²) < 4.78 is 1.86. The van der Waals surface area contributed by atoms with Gasteiger partial charge < -0.3 is 20.7 Å². The largest absolute Gasteiger partial charge is 0.390 e. The number of rotatable bonds is 8. The average molecular weight is 422 g/mol. The van der Waals surface area contributed by atoms with E-state index in [9.17, 15) is 5.11 Å². The number of pyridine rings is 2. The van der Waals surface area contributed by atoms with Gasteiger partial charge in [0.2, 0.25) is 0 Å². The minimum Gasteiger partial charge on any atom is -0.390 e. The van der Waals surface area contributed by atoms with Crippen molar-refractivity contribution in [3.05, 3.63) is 36.8 Å². The van der Waals surface area contributed by atoms with Crippen molar-refractivity contribution in [2.45, 2.75) is 32.8 Å². The van der Waals surface area contributed by atoms with Crippen LogP contribution in [0.4, 0.5) is 5.82 Å². The van der Waals surface area contributed by atoms with Gasteiger partial charge in [-0.25, -0.2) is 9.97 Å². The molecule has 164 valence electrons. The predicted octanol–water partition coefficient (Wildman–Crippen LogP) is 3.07. The second-order valence-corrected chi connectivity index (χ2v) is 8.67. The van der Waals surface area contributed by atoms with Crippen LogP contribution in [0, 0.1) is 5.92 Å². The molecular formula is C23H31N7O. The molecule has 0 aliphatic heterocycles. The molecule has 8 heteroatoms. The molecule has 0 saturated heterocycles. The first-order valence-corrected chi connectivity index (χ1v) is 10.7. The number of hydrogen-bond acceptors (Lipinski definition) is 6. The zero-order chi connectivity index (χ0) is 22.2. The number of aryl methyl sites for hydroxylation is 1. The summed E-state index contributed by atoms with van der Waals surface area (Å²) in [5, 5.41) is 17.3. The third-order valence-electron chi connectivity index (χ3n) is 6.28. The molecule has 0 saturated carbocycles. The second kappa shape index (κ2) is 8.28. The van der Waals surface area contributed by atoms with Crippen LogP contribution in [0.25, 0.3) is 33.2 Å². The Morgan fingerprint density at radius 2 is 2.10 bits per heavy atom.